The van der Waals surface area contributed by atoms with Gasteiger partial charge in [0.05, 0.1) is 32.4 Å². The molecule has 0 unspecified atom stereocenters. The molecular formula is C31H31N2NaO8. The number of ether oxygens (including phenoxy) is 4. The Bertz CT molecular complexity index is 1590. The van der Waals surface area contributed by atoms with Crippen LogP contribution in [0.15, 0.2) is 64.8 Å². The van der Waals surface area contributed by atoms with Crippen LogP contribution in [0.1, 0.15) is 49.2 Å². The largest absolute Gasteiger partial charge is 1.00 e. The quantitative estimate of drug-likeness (QED) is 0.137. The minimum Gasteiger partial charge on any atom is -0.545 e. The van der Waals surface area contributed by atoms with Crippen LogP contribution < -0.4 is 53.6 Å². The van der Waals surface area contributed by atoms with Crippen molar-refractivity contribution in [1.82, 2.24) is 10.3 Å². The summed E-state index contributed by atoms with van der Waals surface area (Å²) in [6, 6.07) is 14.4. The van der Waals surface area contributed by atoms with Crippen molar-refractivity contribution in [2.24, 2.45) is 0 Å². The number of carbonyl (C=O) groups excluding carboxylic acids is 2. The van der Waals surface area contributed by atoms with Gasteiger partial charge in [-0.1, -0.05) is 6.07 Å². The molecule has 0 saturated carbocycles. The molecule has 0 aliphatic heterocycles. The number of benzene rings is 3. The Morgan fingerprint density at radius 3 is 2.02 bits per heavy atom. The van der Waals surface area contributed by atoms with Gasteiger partial charge < -0.3 is 28.8 Å². The summed E-state index contributed by atoms with van der Waals surface area (Å²) in [5.41, 5.74) is 1.53. The van der Waals surface area contributed by atoms with Gasteiger partial charge in [0, 0.05) is 23.1 Å². The maximum atomic E-state index is 14.0. The van der Waals surface area contributed by atoms with Crippen molar-refractivity contribution in [3.63, 3.8) is 0 Å². The number of methoxy groups -OCH3 is 2. The summed E-state index contributed by atoms with van der Waals surface area (Å²) in [4.78, 5) is 26.7. The molecule has 0 N–H and O–H groups in total. The normalized spacial score (nSPS) is 11.6. The Hall–Kier alpha value is -3.86. The molecule has 0 fully saturated rings. The van der Waals surface area contributed by atoms with E-state index in [0.29, 0.717) is 39.6 Å². The fourth-order valence-electron chi connectivity index (χ4n) is 4.33. The van der Waals surface area contributed by atoms with Crippen LogP contribution in [0.25, 0.3) is 16.6 Å². The summed E-state index contributed by atoms with van der Waals surface area (Å²) in [7, 11) is 3.01. The summed E-state index contributed by atoms with van der Waals surface area (Å²) in [5, 5.41) is 20.3. The van der Waals surface area contributed by atoms with E-state index in [1.165, 1.54) is 26.4 Å². The van der Waals surface area contributed by atoms with Gasteiger partial charge >= 0.3 is 29.6 Å². The van der Waals surface area contributed by atoms with Gasteiger partial charge in [-0.15, -0.1) is 0 Å². The van der Waals surface area contributed by atoms with E-state index < -0.39 is 11.8 Å². The first-order valence-corrected chi connectivity index (χ1v) is 13.0. The Balaban J connectivity index is 0.00000484. The summed E-state index contributed by atoms with van der Waals surface area (Å²) >= 11 is 0. The second-order valence-electron chi connectivity index (χ2n) is 9.80. The molecule has 11 heteroatoms. The van der Waals surface area contributed by atoms with Crippen LogP contribution in [0.5, 0.6) is 23.0 Å². The molecule has 0 saturated heterocycles. The monoisotopic (exact) mass is 582 g/mol. The summed E-state index contributed by atoms with van der Waals surface area (Å²) < 4.78 is 27.6. The van der Waals surface area contributed by atoms with E-state index in [2.05, 4.69) is 10.3 Å². The first-order chi connectivity index (χ1) is 19.6. The first kappa shape index (κ1) is 32.7. The average Bonchev–Trinajstić information content (AvgIpc) is 3.41. The zero-order valence-electron chi connectivity index (χ0n) is 24.7. The van der Waals surface area contributed by atoms with E-state index >= 15 is 0 Å². The van der Waals surface area contributed by atoms with Crippen molar-refractivity contribution in [2.45, 2.75) is 46.3 Å². The van der Waals surface area contributed by atoms with E-state index in [9.17, 15) is 14.7 Å². The third kappa shape index (κ3) is 7.50. The van der Waals surface area contributed by atoms with Crippen LogP contribution in [0.4, 0.5) is 0 Å². The number of Topliss-reactive ketones (excluding diaryl/α,β-unsaturated/α-hetero) is 1. The molecule has 0 bridgehead atoms. The standard InChI is InChI=1S/C31H32N2O8.Na/c1-17(2)39-27-15-19(14-26(38-6)30(27)40-18(3)4)13-23(29(34)20-7-10-22(37-5)11-8-20)28(31(35)36)21-9-12-24-25(16-21)33-41-32-24;/h7-12,14-18H,13H2,1-6H3,(H,35,36);/q;+1/p-1/b28-23+;. The number of carboxylic acid groups (broad SMARTS) is 1. The molecule has 0 atom stereocenters. The average molecular weight is 583 g/mol. The van der Waals surface area contributed by atoms with Crippen molar-refractivity contribution < 1.29 is 67.8 Å². The Labute approximate surface area is 265 Å². The van der Waals surface area contributed by atoms with Gasteiger partial charge in [0.1, 0.15) is 16.8 Å². The molecule has 3 aromatic carbocycles. The number of hydrogen-bond acceptors (Lipinski definition) is 10. The Morgan fingerprint density at radius 2 is 1.43 bits per heavy atom. The van der Waals surface area contributed by atoms with E-state index in [1.54, 1.807) is 42.5 Å². The van der Waals surface area contributed by atoms with Crippen LogP contribution in [0.3, 0.4) is 0 Å². The number of hydrogen-bond donors (Lipinski definition) is 0. The van der Waals surface area contributed by atoms with Crippen molar-refractivity contribution in [2.75, 3.05) is 14.2 Å². The number of aliphatic carboxylic acids is 1. The van der Waals surface area contributed by atoms with Crippen LogP contribution >= 0.6 is 0 Å². The number of ketones is 1. The molecule has 10 nitrogen and oxygen atoms in total. The predicted octanol–water partition coefficient (Wildman–Crippen LogP) is 1.45. The predicted molar refractivity (Wildman–Crippen MR) is 149 cm³/mol. The maximum absolute atomic E-state index is 14.0. The first-order valence-electron chi connectivity index (χ1n) is 13.0. The molecule has 0 spiro atoms. The number of allylic oxidation sites excluding steroid dienone is 1. The smallest absolute Gasteiger partial charge is 0.545 e. The Kier molecular flexibility index (Phi) is 11.2. The third-order valence-electron chi connectivity index (χ3n) is 6.07. The van der Waals surface area contributed by atoms with Crippen LogP contribution in [-0.2, 0) is 11.2 Å². The zero-order chi connectivity index (χ0) is 29.7. The van der Waals surface area contributed by atoms with Gasteiger partial charge in [-0.3, -0.25) is 4.79 Å². The van der Waals surface area contributed by atoms with Crippen LogP contribution in [0.2, 0.25) is 0 Å². The van der Waals surface area contributed by atoms with Crippen molar-refractivity contribution in [1.29, 1.82) is 0 Å². The molecule has 4 rings (SSSR count). The summed E-state index contributed by atoms with van der Waals surface area (Å²) in [6.45, 7) is 7.52. The topological polar surface area (TPSA) is 133 Å². The molecular weight excluding hydrogens is 551 g/mol. The van der Waals surface area contributed by atoms with Crippen molar-refractivity contribution >= 4 is 28.4 Å². The van der Waals surface area contributed by atoms with Crippen LogP contribution in [-0.4, -0.2) is 48.5 Å². The molecule has 0 amide bonds. The summed E-state index contributed by atoms with van der Waals surface area (Å²) in [5.74, 6) is -0.271. The van der Waals surface area contributed by atoms with E-state index in [0.717, 1.165) is 0 Å². The molecule has 0 aliphatic rings. The SMILES string of the molecule is COc1ccc(C(=O)/C(Cc2cc(OC)c(OC(C)C)c(OC(C)C)c2)=C(/C(=O)[O-])c2ccc3nonc3c2)cc1.[Na+]. The van der Waals surface area contributed by atoms with E-state index in [1.807, 2.05) is 27.7 Å². The second kappa shape index (κ2) is 14.4. The van der Waals surface area contributed by atoms with Gasteiger partial charge in [0.2, 0.25) is 5.75 Å². The molecule has 4 aromatic rings. The maximum Gasteiger partial charge on any atom is 1.00 e. The van der Waals surface area contributed by atoms with Gasteiger partial charge in [0.25, 0.3) is 0 Å². The van der Waals surface area contributed by atoms with Crippen molar-refractivity contribution in [3.8, 4) is 23.0 Å². The minimum absolute atomic E-state index is 0. The number of rotatable bonds is 12. The van der Waals surface area contributed by atoms with Crippen LogP contribution in [0, 0.1) is 0 Å². The number of carbonyl (C=O) groups is 2. The number of fused-ring (bicyclic) bond motifs is 1. The fourth-order valence-corrected chi connectivity index (χ4v) is 4.33. The number of aromatic nitrogens is 2. The Morgan fingerprint density at radius 1 is 0.810 bits per heavy atom. The van der Waals surface area contributed by atoms with Gasteiger partial charge in [-0.2, -0.15) is 0 Å². The van der Waals surface area contributed by atoms with Gasteiger partial charge in [-0.05, 0) is 97.7 Å². The molecule has 214 valence electrons. The zero-order valence-corrected chi connectivity index (χ0v) is 26.7. The van der Waals surface area contributed by atoms with Gasteiger partial charge in [0.15, 0.2) is 17.3 Å². The number of carboxylic acids is 1. The molecule has 1 aromatic heterocycles. The van der Waals surface area contributed by atoms with E-state index in [-0.39, 0.29) is 70.5 Å². The molecule has 0 radical (unpaired) electrons. The van der Waals surface area contributed by atoms with E-state index in [4.69, 9.17) is 23.6 Å². The minimum atomic E-state index is -1.52. The summed E-state index contributed by atoms with van der Waals surface area (Å²) in [6.07, 6.45) is -0.445. The van der Waals surface area contributed by atoms with Crippen molar-refractivity contribution in [3.05, 3.63) is 76.9 Å². The number of nitrogens with zero attached hydrogens (tertiary/aromatic N) is 2. The fraction of sp³-hybridized carbons (Fsp3) is 0.290. The van der Waals surface area contributed by atoms with Gasteiger partial charge in [-0.25, -0.2) is 4.63 Å². The molecule has 42 heavy (non-hydrogen) atoms. The second-order valence-corrected chi connectivity index (χ2v) is 9.80. The molecule has 0 aliphatic carbocycles. The molecule has 1 heterocycles. The third-order valence-corrected chi connectivity index (χ3v) is 6.07.